The summed E-state index contributed by atoms with van der Waals surface area (Å²) in [6.45, 7) is 1.71. The summed E-state index contributed by atoms with van der Waals surface area (Å²) in [6.07, 6.45) is 0. The van der Waals surface area contributed by atoms with Crippen LogP contribution < -0.4 is 0 Å². The van der Waals surface area contributed by atoms with Gasteiger partial charge in [0.25, 0.3) is 0 Å². The molecule has 0 spiro atoms. The van der Waals surface area contributed by atoms with Gasteiger partial charge in [-0.15, -0.1) is 11.6 Å². The molecular weight excluding hydrogens is 315 g/mol. The van der Waals surface area contributed by atoms with E-state index in [1.54, 1.807) is 13.0 Å². The number of benzene rings is 1. The van der Waals surface area contributed by atoms with Crippen molar-refractivity contribution >= 4 is 29.3 Å². The van der Waals surface area contributed by atoms with Gasteiger partial charge in [0.15, 0.2) is 0 Å². The number of carbonyl (C=O) groups is 1. The second-order valence-corrected chi connectivity index (χ2v) is 4.85. The van der Waals surface area contributed by atoms with Crippen LogP contribution in [0.4, 0.5) is 13.2 Å². The van der Waals surface area contributed by atoms with Gasteiger partial charge < -0.3 is 4.74 Å². The molecule has 108 valence electrons. The van der Waals surface area contributed by atoms with E-state index in [9.17, 15) is 18.0 Å². The molecule has 0 unspecified atom stereocenters. The van der Waals surface area contributed by atoms with Crippen LogP contribution in [-0.2, 0) is 10.6 Å². The number of esters is 1. The molecule has 0 radical (unpaired) electrons. The van der Waals surface area contributed by atoms with E-state index in [-0.39, 0.29) is 34.1 Å². The van der Waals surface area contributed by atoms with E-state index in [1.165, 1.54) is 6.07 Å². The van der Waals surface area contributed by atoms with Crippen LogP contribution in [0.2, 0.25) is 0 Å². The van der Waals surface area contributed by atoms with Crippen LogP contribution in [0.25, 0.3) is 0 Å². The maximum Gasteiger partial charge on any atom is 0.446 e. The van der Waals surface area contributed by atoms with Crippen molar-refractivity contribution in [3.05, 3.63) is 28.8 Å². The Morgan fingerprint density at radius 3 is 2.60 bits per heavy atom. The third-order valence-corrected chi connectivity index (χ3v) is 3.30. The zero-order valence-electron chi connectivity index (χ0n) is 10.3. The van der Waals surface area contributed by atoms with E-state index in [0.717, 1.165) is 6.07 Å². The smallest absolute Gasteiger partial charge is 0.446 e. The van der Waals surface area contributed by atoms with Gasteiger partial charge in [0.2, 0.25) is 0 Å². The summed E-state index contributed by atoms with van der Waals surface area (Å²) in [4.78, 5) is 11.4. The largest absolute Gasteiger partial charge is 0.462 e. The van der Waals surface area contributed by atoms with Gasteiger partial charge in [-0.2, -0.15) is 18.4 Å². The van der Waals surface area contributed by atoms with Gasteiger partial charge in [-0.3, -0.25) is 0 Å². The average molecular weight is 324 g/mol. The van der Waals surface area contributed by atoms with Gasteiger partial charge in [0, 0.05) is 16.3 Å². The van der Waals surface area contributed by atoms with Crippen LogP contribution in [-0.4, -0.2) is 18.1 Å². The normalized spacial score (nSPS) is 11.0. The van der Waals surface area contributed by atoms with E-state index in [4.69, 9.17) is 21.6 Å². The van der Waals surface area contributed by atoms with E-state index in [2.05, 4.69) is 0 Å². The molecule has 0 bridgehead atoms. The molecule has 3 nitrogen and oxygen atoms in total. The highest BCUT2D eigenvalue weighted by Crippen LogP contribution is 2.40. The summed E-state index contributed by atoms with van der Waals surface area (Å²) in [5, 5.41) is 9.02. The molecule has 1 aromatic rings. The molecule has 0 fully saturated rings. The van der Waals surface area contributed by atoms with Crippen LogP contribution in [0.15, 0.2) is 17.0 Å². The lowest BCUT2D eigenvalue weighted by molar-refractivity contribution is -0.0328. The average Bonchev–Trinajstić information content (AvgIpc) is 2.36. The molecule has 0 aliphatic carbocycles. The number of halogens is 4. The van der Waals surface area contributed by atoms with Gasteiger partial charge in [0.1, 0.15) is 6.07 Å². The zero-order valence-corrected chi connectivity index (χ0v) is 11.8. The van der Waals surface area contributed by atoms with Crippen LogP contribution in [0.1, 0.15) is 28.4 Å². The number of nitriles is 1. The predicted octanol–water partition coefficient (Wildman–Crippen LogP) is 4.09. The third-order valence-electron chi connectivity index (χ3n) is 2.24. The molecule has 0 heterocycles. The molecule has 0 N–H and O–H groups in total. The Morgan fingerprint density at radius 1 is 1.50 bits per heavy atom. The fraction of sp³-hybridized carbons (Fsp3) is 0.333. The number of alkyl halides is 4. The molecule has 1 aromatic carbocycles. The number of nitrogens with zero attached hydrogens (tertiary/aromatic N) is 1. The molecule has 8 heteroatoms. The van der Waals surface area contributed by atoms with Crippen molar-refractivity contribution < 1.29 is 22.7 Å². The Hall–Kier alpha value is -1.39. The summed E-state index contributed by atoms with van der Waals surface area (Å²) < 4.78 is 42.0. The van der Waals surface area contributed by atoms with Crippen molar-refractivity contribution in [2.75, 3.05) is 6.61 Å². The molecule has 0 saturated heterocycles. The molecule has 1 rings (SSSR count). The fourth-order valence-electron chi connectivity index (χ4n) is 1.50. The lowest BCUT2D eigenvalue weighted by Gasteiger charge is -2.13. The van der Waals surface area contributed by atoms with Crippen LogP contribution in [0, 0.1) is 11.3 Å². The summed E-state index contributed by atoms with van der Waals surface area (Å²) >= 11 is 5.24. The highest BCUT2D eigenvalue weighted by Gasteiger charge is 2.32. The number of thioether (sulfide) groups is 1. The van der Waals surface area contributed by atoms with Gasteiger partial charge >= 0.3 is 11.5 Å². The van der Waals surface area contributed by atoms with Crippen LogP contribution in [0.5, 0.6) is 0 Å². The molecule has 0 aliphatic rings. The van der Waals surface area contributed by atoms with Gasteiger partial charge in [-0.25, -0.2) is 4.79 Å². The lowest BCUT2D eigenvalue weighted by Crippen LogP contribution is -2.10. The standard InChI is InChI=1S/C12H9ClF3NO2S/c1-2-19-11(18)7-3-4-10(20-12(14,15)16)9(6-17)8(7)5-13/h3-4H,2,5H2,1H3. The summed E-state index contributed by atoms with van der Waals surface area (Å²) in [6, 6.07) is 3.92. The number of ether oxygens (including phenoxy) is 1. The van der Waals surface area contributed by atoms with Crippen molar-refractivity contribution in [1.29, 1.82) is 5.26 Å². The maximum absolute atomic E-state index is 12.4. The minimum absolute atomic E-state index is 0.00456. The van der Waals surface area contributed by atoms with Gasteiger partial charge in [-0.05, 0) is 30.8 Å². The molecule has 20 heavy (non-hydrogen) atoms. The highest BCUT2D eigenvalue weighted by atomic mass is 35.5. The van der Waals surface area contributed by atoms with Crippen molar-refractivity contribution in [3.8, 4) is 6.07 Å². The molecule has 0 aliphatic heterocycles. The van der Waals surface area contributed by atoms with Crippen molar-refractivity contribution in [1.82, 2.24) is 0 Å². The van der Waals surface area contributed by atoms with Crippen LogP contribution >= 0.6 is 23.4 Å². The Balaban J connectivity index is 3.34. The quantitative estimate of drug-likeness (QED) is 0.476. The number of carbonyl (C=O) groups excluding carboxylic acids is 1. The SMILES string of the molecule is CCOC(=O)c1ccc(SC(F)(F)F)c(C#N)c1CCl. The first kappa shape index (κ1) is 16.7. The minimum Gasteiger partial charge on any atom is -0.462 e. The van der Waals surface area contributed by atoms with E-state index in [1.807, 2.05) is 0 Å². The molecule has 0 atom stereocenters. The maximum atomic E-state index is 12.4. The Morgan fingerprint density at radius 2 is 2.15 bits per heavy atom. The van der Waals surface area contributed by atoms with Crippen LogP contribution in [0.3, 0.4) is 0 Å². The molecule has 0 aromatic heterocycles. The zero-order chi connectivity index (χ0) is 15.3. The monoisotopic (exact) mass is 323 g/mol. The van der Waals surface area contributed by atoms with Gasteiger partial charge in [-0.1, -0.05) is 0 Å². The number of hydrogen-bond acceptors (Lipinski definition) is 4. The Bertz CT molecular complexity index is 555. The summed E-state index contributed by atoms with van der Waals surface area (Å²) in [5.41, 5.74) is -4.74. The first-order valence-corrected chi connectivity index (χ1v) is 6.74. The van der Waals surface area contributed by atoms with Crippen molar-refractivity contribution in [2.45, 2.75) is 23.2 Å². The molecule has 0 amide bonds. The Labute approximate surface area is 122 Å². The minimum atomic E-state index is -4.53. The predicted molar refractivity (Wildman–Crippen MR) is 68.6 cm³/mol. The molecular formula is C12H9ClF3NO2S. The number of rotatable bonds is 4. The summed E-state index contributed by atoms with van der Waals surface area (Å²) in [5.74, 6) is -0.980. The van der Waals surface area contributed by atoms with Gasteiger partial charge in [0.05, 0.1) is 17.7 Å². The number of hydrogen-bond donors (Lipinski definition) is 0. The van der Waals surface area contributed by atoms with E-state index >= 15 is 0 Å². The topological polar surface area (TPSA) is 50.1 Å². The first-order chi connectivity index (χ1) is 9.34. The highest BCUT2D eigenvalue weighted by molar-refractivity contribution is 8.00. The third kappa shape index (κ3) is 4.05. The second kappa shape index (κ2) is 6.86. The van der Waals surface area contributed by atoms with Crippen molar-refractivity contribution in [2.24, 2.45) is 0 Å². The van der Waals surface area contributed by atoms with E-state index in [0.29, 0.717) is 0 Å². The second-order valence-electron chi connectivity index (χ2n) is 3.48. The Kier molecular flexibility index (Phi) is 5.72. The fourth-order valence-corrected chi connectivity index (χ4v) is 2.43. The lowest BCUT2D eigenvalue weighted by atomic mass is 10.0. The van der Waals surface area contributed by atoms with E-state index < -0.39 is 23.2 Å². The summed E-state index contributed by atoms with van der Waals surface area (Å²) in [7, 11) is 0. The van der Waals surface area contributed by atoms with Crippen molar-refractivity contribution in [3.63, 3.8) is 0 Å². The molecule has 0 saturated carbocycles. The first-order valence-electron chi connectivity index (χ1n) is 5.38.